The van der Waals surface area contributed by atoms with Crippen LogP contribution in [0.25, 0.3) is 6.08 Å². The molecule has 24 heavy (non-hydrogen) atoms. The summed E-state index contributed by atoms with van der Waals surface area (Å²) in [5.41, 5.74) is 0.242. The van der Waals surface area contributed by atoms with E-state index in [9.17, 15) is 18.8 Å². The number of rotatable bonds is 5. The van der Waals surface area contributed by atoms with Gasteiger partial charge in [-0.15, -0.1) is 0 Å². The first-order chi connectivity index (χ1) is 11.5. The fraction of sp³-hybridized carbons (Fsp3) is 0.0588. The molecule has 4 nitrogen and oxygen atoms in total. The first kappa shape index (κ1) is 17.4. The number of ether oxygens (including phenoxy) is 1. The van der Waals surface area contributed by atoms with Crippen LogP contribution in [0.15, 0.2) is 54.1 Å². The summed E-state index contributed by atoms with van der Waals surface area (Å²) in [6.07, 6.45) is 1.17. The molecule has 0 saturated heterocycles. The van der Waals surface area contributed by atoms with Crippen LogP contribution in [-0.4, -0.2) is 12.5 Å². The van der Waals surface area contributed by atoms with Gasteiger partial charge in [0.15, 0.2) is 0 Å². The molecule has 7 heteroatoms. The number of nitrogens with one attached hydrogen (secondary N) is 1. The van der Waals surface area contributed by atoms with Crippen LogP contribution in [0.3, 0.4) is 0 Å². The van der Waals surface area contributed by atoms with Crippen molar-refractivity contribution < 1.29 is 18.3 Å². The van der Waals surface area contributed by atoms with Crippen molar-refractivity contribution in [3.63, 3.8) is 0 Å². The number of nitriles is 1. The van der Waals surface area contributed by atoms with E-state index in [0.717, 1.165) is 0 Å². The number of carbonyl (C=O) groups excluding carboxylic acids is 1. The van der Waals surface area contributed by atoms with Gasteiger partial charge >= 0.3 is 6.61 Å². The number of para-hydroxylation sites is 2. The molecule has 0 bridgehead atoms. The van der Waals surface area contributed by atoms with E-state index in [1.165, 1.54) is 24.3 Å². The van der Waals surface area contributed by atoms with Gasteiger partial charge in [0.1, 0.15) is 17.4 Å². The highest BCUT2D eigenvalue weighted by Gasteiger charge is 2.13. The van der Waals surface area contributed by atoms with Crippen LogP contribution < -0.4 is 10.1 Å². The van der Waals surface area contributed by atoms with Gasteiger partial charge in [0, 0.05) is 5.56 Å². The van der Waals surface area contributed by atoms with Gasteiger partial charge in [-0.05, 0) is 24.3 Å². The number of hydrogen-bond acceptors (Lipinski definition) is 3. The fourth-order valence-electron chi connectivity index (χ4n) is 1.86. The Kier molecular flexibility index (Phi) is 5.88. The van der Waals surface area contributed by atoms with Gasteiger partial charge in [-0.3, -0.25) is 4.79 Å². The highest BCUT2D eigenvalue weighted by Crippen LogP contribution is 2.24. The predicted molar refractivity (Wildman–Crippen MR) is 86.7 cm³/mol. The molecule has 0 atom stereocenters. The van der Waals surface area contributed by atoms with Crippen LogP contribution in [0.5, 0.6) is 5.75 Å². The van der Waals surface area contributed by atoms with E-state index < -0.39 is 12.5 Å². The van der Waals surface area contributed by atoms with Crippen LogP contribution >= 0.6 is 11.6 Å². The minimum absolute atomic E-state index is 0.134. The Hall–Kier alpha value is -2.91. The standard InChI is InChI=1S/C17H11ClF2N2O2/c18-13-6-2-3-7-14(13)22-16(23)12(10-21)9-11-5-1-4-8-15(11)24-17(19)20/h1-9,17H,(H,22,23)/b12-9+. The third-order valence-corrected chi connectivity index (χ3v) is 3.25. The second kappa shape index (κ2) is 8.09. The second-order valence-corrected chi connectivity index (χ2v) is 4.93. The third-order valence-electron chi connectivity index (χ3n) is 2.92. The molecule has 0 heterocycles. The highest BCUT2D eigenvalue weighted by atomic mass is 35.5. The lowest BCUT2D eigenvalue weighted by Gasteiger charge is -2.09. The molecule has 0 aliphatic rings. The molecule has 2 rings (SSSR count). The number of carbonyl (C=O) groups is 1. The van der Waals surface area contributed by atoms with Crippen molar-refractivity contribution in [3.8, 4) is 11.8 Å². The molecule has 2 aromatic carbocycles. The van der Waals surface area contributed by atoms with E-state index >= 15 is 0 Å². The van der Waals surface area contributed by atoms with Crippen LogP contribution in [0.4, 0.5) is 14.5 Å². The largest absolute Gasteiger partial charge is 0.434 e. The molecule has 0 saturated carbocycles. The number of benzene rings is 2. The molecule has 0 fully saturated rings. The SMILES string of the molecule is N#C/C(=C\c1ccccc1OC(F)F)C(=O)Nc1ccccc1Cl. The number of hydrogen-bond donors (Lipinski definition) is 1. The second-order valence-electron chi connectivity index (χ2n) is 4.52. The summed E-state index contributed by atoms with van der Waals surface area (Å²) in [5, 5.41) is 12.0. The van der Waals surface area contributed by atoms with E-state index in [2.05, 4.69) is 10.1 Å². The first-order valence-corrected chi connectivity index (χ1v) is 7.10. The number of anilines is 1. The van der Waals surface area contributed by atoms with Crippen LogP contribution in [0.2, 0.25) is 5.02 Å². The Morgan fingerprint density at radius 1 is 1.21 bits per heavy atom. The zero-order valence-electron chi connectivity index (χ0n) is 12.2. The lowest BCUT2D eigenvalue weighted by atomic mass is 10.1. The number of alkyl halides is 2. The number of nitrogens with zero attached hydrogens (tertiary/aromatic N) is 1. The molecule has 0 aromatic heterocycles. The summed E-state index contributed by atoms with van der Waals surface area (Å²) in [4.78, 5) is 12.2. The van der Waals surface area contributed by atoms with Crippen molar-refractivity contribution in [2.24, 2.45) is 0 Å². The Balaban J connectivity index is 2.28. The van der Waals surface area contributed by atoms with E-state index in [0.29, 0.717) is 10.7 Å². The van der Waals surface area contributed by atoms with Crippen LogP contribution in [0, 0.1) is 11.3 Å². The molecule has 1 amide bonds. The quantitative estimate of drug-likeness (QED) is 0.639. The average Bonchev–Trinajstić information content (AvgIpc) is 2.55. The summed E-state index contributed by atoms with van der Waals surface area (Å²) in [6, 6.07) is 14.1. The van der Waals surface area contributed by atoms with Crippen molar-refractivity contribution >= 4 is 29.3 Å². The normalized spacial score (nSPS) is 11.0. The molecule has 0 aliphatic carbocycles. The van der Waals surface area contributed by atoms with Crippen LogP contribution in [-0.2, 0) is 4.79 Å². The predicted octanol–water partition coefficient (Wildman–Crippen LogP) is 4.49. The lowest BCUT2D eigenvalue weighted by Crippen LogP contribution is -2.13. The Labute approximate surface area is 141 Å². The maximum atomic E-state index is 12.4. The zero-order chi connectivity index (χ0) is 17.5. The summed E-state index contributed by atoms with van der Waals surface area (Å²) < 4.78 is 29.2. The van der Waals surface area contributed by atoms with E-state index in [-0.39, 0.29) is 16.9 Å². The third kappa shape index (κ3) is 4.54. The highest BCUT2D eigenvalue weighted by molar-refractivity contribution is 6.34. The van der Waals surface area contributed by atoms with E-state index in [1.807, 2.05) is 0 Å². The minimum atomic E-state index is -3.01. The molecular formula is C17H11ClF2N2O2. The lowest BCUT2D eigenvalue weighted by molar-refractivity contribution is -0.112. The van der Waals surface area contributed by atoms with Crippen molar-refractivity contribution in [2.45, 2.75) is 6.61 Å². The van der Waals surface area contributed by atoms with Gasteiger partial charge in [0.05, 0.1) is 10.7 Å². The number of amides is 1. The summed E-state index contributed by atoms with van der Waals surface area (Å²) in [5.74, 6) is -0.844. The summed E-state index contributed by atoms with van der Waals surface area (Å²) in [6.45, 7) is -3.01. The summed E-state index contributed by atoms with van der Waals surface area (Å²) >= 11 is 5.94. The topological polar surface area (TPSA) is 62.1 Å². The Morgan fingerprint density at radius 2 is 1.88 bits per heavy atom. The average molecular weight is 349 g/mol. The Morgan fingerprint density at radius 3 is 2.54 bits per heavy atom. The van der Waals surface area contributed by atoms with Crippen molar-refractivity contribution in [2.75, 3.05) is 5.32 Å². The fourth-order valence-corrected chi connectivity index (χ4v) is 2.04. The monoisotopic (exact) mass is 348 g/mol. The van der Waals surface area contributed by atoms with Crippen LogP contribution in [0.1, 0.15) is 5.56 Å². The molecule has 0 radical (unpaired) electrons. The van der Waals surface area contributed by atoms with E-state index in [4.69, 9.17) is 11.6 Å². The number of halogens is 3. The molecule has 0 spiro atoms. The van der Waals surface area contributed by atoms with Crippen molar-refractivity contribution in [1.82, 2.24) is 0 Å². The van der Waals surface area contributed by atoms with Crippen molar-refractivity contribution in [3.05, 3.63) is 64.7 Å². The molecule has 0 unspecified atom stereocenters. The molecular weight excluding hydrogens is 338 g/mol. The summed E-state index contributed by atoms with van der Waals surface area (Å²) in [7, 11) is 0. The van der Waals surface area contributed by atoms with Crippen molar-refractivity contribution in [1.29, 1.82) is 5.26 Å². The minimum Gasteiger partial charge on any atom is -0.434 e. The van der Waals surface area contributed by atoms with E-state index in [1.54, 1.807) is 36.4 Å². The molecule has 122 valence electrons. The smallest absolute Gasteiger partial charge is 0.387 e. The van der Waals surface area contributed by atoms with Gasteiger partial charge in [0.25, 0.3) is 5.91 Å². The molecule has 0 aliphatic heterocycles. The Bertz CT molecular complexity index is 816. The van der Waals surface area contributed by atoms with Gasteiger partial charge in [-0.2, -0.15) is 14.0 Å². The van der Waals surface area contributed by atoms with Gasteiger partial charge in [-0.1, -0.05) is 41.9 Å². The maximum Gasteiger partial charge on any atom is 0.387 e. The maximum absolute atomic E-state index is 12.4. The van der Waals surface area contributed by atoms with Gasteiger partial charge in [0.2, 0.25) is 0 Å². The first-order valence-electron chi connectivity index (χ1n) is 6.73. The van der Waals surface area contributed by atoms with Gasteiger partial charge in [-0.25, -0.2) is 0 Å². The molecule has 2 aromatic rings. The van der Waals surface area contributed by atoms with Gasteiger partial charge < -0.3 is 10.1 Å². The zero-order valence-corrected chi connectivity index (χ0v) is 12.9. The molecule has 1 N–H and O–H groups in total.